The van der Waals surface area contributed by atoms with Gasteiger partial charge in [0.05, 0.1) is 6.04 Å². The van der Waals surface area contributed by atoms with E-state index in [1.165, 1.54) is 0 Å². The molecule has 0 spiro atoms. The van der Waals surface area contributed by atoms with E-state index in [0.717, 1.165) is 34.8 Å². The first kappa shape index (κ1) is 18.6. The third kappa shape index (κ3) is 4.20. The largest absolute Gasteiger partial charge is 0.445 e. The summed E-state index contributed by atoms with van der Waals surface area (Å²) in [7, 11) is 0. The first-order valence-corrected chi connectivity index (χ1v) is 9.81. The molecule has 0 saturated carbocycles. The summed E-state index contributed by atoms with van der Waals surface area (Å²) in [5.41, 5.74) is 2.12. The highest BCUT2D eigenvalue weighted by molar-refractivity contribution is 6.30. The molecule has 2 aromatic carbocycles. The minimum atomic E-state index is -0.285. The van der Waals surface area contributed by atoms with Crippen LogP contribution in [-0.4, -0.2) is 27.1 Å². The van der Waals surface area contributed by atoms with E-state index in [4.69, 9.17) is 16.3 Å². The van der Waals surface area contributed by atoms with Gasteiger partial charge in [0.2, 0.25) is 0 Å². The van der Waals surface area contributed by atoms with Gasteiger partial charge in [-0.05, 0) is 36.1 Å². The highest BCUT2D eigenvalue weighted by Gasteiger charge is 2.33. The van der Waals surface area contributed by atoms with Crippen LogP contribution in [0, 0.1) is 0 Å². The van der Waals surface area contributed by atoms with Crippen LogP contribution < -0.4 is 0 Å². The van der Waals surface area contributed by atoms with E-state index in [0.29, 0.717) is 13.1 Å². The van der Waals surface area contributed by atoms with Crippen LogP contribution in [0.3, 0.4) is 0 Å². The maximum atomic E-state index is 12.7. The van der Waals surface area contributed by atoms with E-state index in [1.54, 1.807) is 11.1 Å². The van der Waals surface area contributed by atoms with Crippen LogP contribution >= 0.6 is 11.6 Å². The topological polar surface area (TPSA) is 47.4 Å². The van der Waals surface area contributed by atoms with E-state index < -0.39 is 0 Å². The normalized spacial score (nSPS) is 16.3. The second-order valence-electron chi connectivity index (χ2n) is 6.93. The molecule has 1 amide bonds. The highest BCUT2D eigenvalue weighted by Crippen LogP contribution is 2.32. The van der Waals surface area contributed by atoms with Crippen LogP contribution in [0.2, 0.25) is 5.02 Å². The van der Waals surface area contributed by atoms with Crippen molar-refractivity contribution in [3.63, 3.8) is 0 Å². The second-order valence-corrected chi connectivity index (χ2v) is 7.37. The van der Waals surface area contributed by atoms with Crippen LogP contribution in [0.15, 0.2) is 67.0 Å². The average Bonchev–Trinajstić information content (AvgIpc) is 3.38. The van der Waals surface area contributed by atoms with Crippen molar-refractivity contribution in [2.45, 2.75) is 32.0 Å². The fourth-order valence-electron chi connectivity index (χ4n) is 3.59. The zero-order valence-electron chi connectivity index (χ0n) is 15.5. The number of likely N-dealkylation sites (tertiary alicyclic amines) is 1. The number of hydrogen-bond acceptors (Lipinski definition) is 3. The molecule has 28 heavy (non-hydrogen) atoms. The van der Waals surface area contributed by atoms with Gasteiger partial charge in [-0.15, -0.1) is 0 Å². The maximum Gasteiger partial charge on any atom is 0.410 e. The van der Waals surface area contributed by atoms with Gasteiger partial charge < -0.3 is 9.30 Å². The zero-order chi connectivity index (χ0) is 19.3. The number of carbonyl (C=O) groups excluding carboxylic acids is 1. The number of hydrogen-bond donors (Lipinski definition) is 0. The standard InChI is InChI=1S/C22H22ClN3O2/c23-19-10-8-17(9-11-19)15-25-14-12-24-21(25)20-7-4-13-26(20)22(27)28-16-18-5-2-1-3-6-18/h1-3,5-6,8-12,14,20H,4,7,13,15-16H2. The first-order valence-electron chi connectivity index (χ1n) is 9.43. The summed E-state index contributed by atoms with van der Waals surface area (Å²) in [6.45, 7) is 1.66. The Hall–Kier alpha value is -2.79. The molecule has 1 aromatic heterocycles. The third-order valence-electron chi connectivity index (χ3n) is 5.00. The van der Waals surface area contributed by atoms with Crippen LogP contribution in [0.4, 0.5) is 4.79 Å². The van der Waals surface area contributed by atoms with Gasteiger partial charge in [-0.3, -0.25) is 4.90 Å². The quantitative estimate of drug-likeness (QED) is 0.606. The van der Waals surface area contributed by atoms with Gasteiger partial charge in [0.15, 0.2) is 0 Å². The molecule has 3 aromatic rings. The van der Waals surface area contributed by atoms with E-state index in [1.807, 2.05) is 60.8 Å². The number of rotatable bonds is 5. The predicted molar refractivity (Wildman–Crippen MR) is 108 cm³/mol. The number of amides is 1. The lowest BCUT2D eigenvalue weighted by Gasteiger charge is -2.24. The summed E-state index contributed by atoms with van der Waals surface area (Å²) in [4.78, 5) is 19.0. The molecule has 1 saturated heterocycles. The fourth-order valence-corrected chi connectivity index (χ4v) is 3.72. The average molecular weight is 396 g/mol. The van der Waals surface area contributed by atoms with Crippen molar-refractivity contribution in [2.75, 3.05) is 6.54 Å². The monoisotopic (exact) mass is 395 g/mol. The van der Waals surface area contributed by atoms with Crippen LogP contribution in [0.25, 0.3) is 0 Å². The van der Waals surface area contributed by atoms with E-state index in [9.17, 15) is 4.79 Å². The molecule has 6 heteroatoms. The molecule has 1 atom stereocenters. The second kappa shape index (κ2) is 8.48. The Kier molecular flexibility index (Phi) is 5.63. The Bertz CT molecular complexity index is 924. The number of imidazole rings is 1. The lowest BCUT2D eigenvalue weighted by atomic mass is 10.2. The van der Waals surface area contributed by atoms with Crippen molar-refractivity contribution in [2.24, 2.45) is 0 Å². The minimum absolute atomic E-state index is 0.0643. The Morgan fingerprint density at radius 1 is 1.11 bits per heavy atom. The third-order valence-corrected chi connectivity index (χ3v) is 5.26. The lowest BCUT2D eigenvalue weighted by molar-refractivity contribution is 0.0904. The maximum absolute atomic E-state index is 12.7. The molecular formula is C22H22ClN3O2. The number of ether oxygens (including phenoxy) is 1. The molecule has 0 radical (unpaired) electrons. The van der Waals surface area contributed by atoms with Crippen LogP contribution in [-0.2, 0) is 17.9 Å². The van der Waals surface area contributed by atoms with Crippen molar-refractivity contribution in [3.05, 3.63) is 89.0 Å². The summed E-state index contributed by atoms with van der Waals surface area (Å²) in [6, 6.07) is 17.4. The van der Waals surface area contributed by atoms with Gasteiger partial charge in [0.1, 0.15) is 12.4 Å². The number of nitrogens with zero attached hydrogens (tertiary/aromatic N) is 3. The lowest BCUT2D eigenvalue weighted by Crippen LogP contribution is -2.32. The van der Waals surface area contributed by atoms with E-state index >= 15 is 0 Å². The Labute approximate surface area is 169 Å². The first-order chi connectivity index (χ1) is 13.7. The Morgan fingerprint density at radius 3 is 2.68 bits per heavy atom. The molecule has 1 aliphatic heterocycles. The summed E-state index contributed by atoms with van der Waals surface area (Å²) in [5.74, 6) is 0.893. The number of halogens is 1. The summed E-state index contributed by atoms with van der Waals surface area (Å²) in [5, 5.41) is 0.720. The molecule has 4 rings (SSSR count). The SMILES string of the molecule is O=C(OCc1ccccc1)N1CCCC1c1nccn1Cc1ccc(Cl)cc1. The molecule has 1 aliphatic rings. The van der Waals surface area contributed by atoms with Crippen molar-refractivity contribution in [1.29, 1.82) is 0 Å². The van der Waals surface area contributed by atoms with Crippen molar-refractivity contribution >= 4 is 17.7 Å². The fraction of sp³-hybridized carbons (Fsp3) is 0.273. The van der Waals surface area contributed by atoms with Gasteiger partial charge in [-0.25, -0.2) is 9.78 Å². The van der Waals surface area contributed by atoms with Gasteiger partial charge in [-0.2, -0.15) is 0 Å². The van der Waals surface area contributed by atoms with Crippen molar-refractivity contribution in [3.8, 4) is 0 Å². The molecule has 1 unspecified atom stereocenters. The van der Waals surface area contributed by atoms with E-state index in [2.05, 4.69) is 9.55 Å². The number of benzene rings is 2. The molecular weight excluding hydrogens is 374 g/mol. The van der Waals surface area contributed by atoms with E-state index in [-0.39, 0.29) is 18.7 Å². The molecule has 0 aliphatic carbocycles. The Balaban J connectivity index is 1.45. The predicted octanol–water partition coefficient (Wildman–Crippen LogP) is 5.06. The minimum Gasteiger partial charge on any atom is -0.445 e. The van der Waals surface area contributed by atoms with Crippen molar-refractivity contribution < 1.29 is 9.53 Å². The molecule has 0 N–H and O–H groups in total. The molecule has 144 valence electrons. The summed E-state index contributed by atoms with van der Waals surface area (Å²) >= 11 is 5.98. The molecule has 0 bridgehead atoms. The molecule has 2 heterocycles. The van der Waals surface area contributed by atoms with Gasteiger partial charge >= 0.3 is 6.09 Å². The number of carbonyl (C=O) groups is 1. The molecule has 1 fully saturated rings. The van der Waals surface area contributed by atoms with Crippen LogP contribution in [0.5, 0.6) is 0 Å². The van der Waals surface area contributed by atoms with Gasteiger partial charge in [-0.1, -0.05) is 54.1 Å². The van der Waals surface area contributed by atoms with Gasteiger partial charge in [0.25, 0.3) is 0 Å². The zero-order valence-corrected chi connectivity index (χ0v) is 16.3. The van der Waals surface area contributed by atoms with Gasteiger partial charge in [0, 0.05) is 30.5 Å². The smallest absolute Gasteiger partial charge is 0.410 e. The van der Waals surface area contributed by atoms with Crippen molar-refractivity contribution in [1.82, 2.24) is 14.5 Å². The highest BCUT2D eigenvalue weighted by atomic mass is 35.5. The molecule has 5 nitrogen and oxygen atoms in total. The summed E-state index contributed by atoms with van der Waals surface area (Å²) < 4.78 is 7.64. The number of aromatic nitrogens is 2. The van der Waals surface area contributed by atoms with Crippen LogP contribution in [0.1, 0.15) is 35.8 Å². The summed E-state index contributed by atoms with van der Waals surface area (Å²) in [6.07, 6.45) is 5.29. The Morgan fingerprint density at radius 2 is 1.89 bits per heavy atom.